The average Bonchev–Trinajstić information content (AvgIpc) is 3.28. The van der Waals surface area contributed by atoms with E-state index in [1.165, 1.54) is 4.57 Å². The number of carbonyl (C=O) groups excluding carboxylic acids is 1. The summed E-state index contributed by atoms with van der Waals surface area (Å²) in [6.45, 7) is 0. The van der Waals surface area contributed by atoms with Gasteiger partial charge in [0, 0.05) is 10.7 Å². The minimum absolute atomic E-state index is 0.0519. The van der Waals surface area contributed by atoms with Crippen LogP contribution >= 0.6 is 11.6 Å². The number of benzene rings is 2. The number of carbonyl (C=O) groups is 1. The van der Waals surface area contributed by atoms with Gasteiger partial charge in [-0.15, -0.1) is 0 Å². The molecule has 0 spiro atoms. The zero-order chi connectivity index (χ0) is 19.5. The maximum atomic E-state index is 12.3. The van der Waals surface area contributed by atoms with Crippen molar-refractivity contribution in [3.05, 3.63) is 75.9 Å². The van der Waals surface area contributed by atoms with E-state index in [1.54, 1.807) is 48.5 Å². The average molecular weight is 398 g/mol. The minimum atomic E-state index is -0.736. The smallest absolute Gasteiger partial charge is 0.326 e. The van der Waals surface area contributed by atoms with Crippen LogP contribution in [0.4, 0.5) is 5.69 Å². The van der Waals surface area contributed by atoms with Crippen LogP contribution in [0.15, 0.2) is 68.5 Å². The van der Waals surface area contributed by atoms with Crippen LogP contribution in [0.1, 0.15) is 5.69 Å². The minimum Gasteiger partial charge on any atom is -0.326 e. The lowest BCUT2D eigenvalue weighted by atomic mass is 10.2. The number of amides is 1. The van der Waals surface area contributed by atoms with E-state index in [4.69, 9.17) is 20.8 Å². The number of para-hydroxylation sites is 1. The molecule has 1 N–H and O–H groups in total. The van der Waals surface area contributed by atoms with E-state index >= 15 is 0 Å². The highest BCUT2D eigenvalue weighted by molar-refractivity contribution is 6.30. The Balaban J connectivity index is 1.65. The van der Waals surface area contributed by atoms with E-state index in [-0.39, 0.29) is 29.5 Å². The maximum absolute atomic E-state index is 12.3. The van der Waals surface area contributed by atoms with Crippen LogP contribution < -0.4 is 11.1 Å². The topological polar surface area (TPSA) is 116 Å². The monoisotopic (exact) mass is 397 g/mol. The molecule has 2 aromatic carbocycles. The number of aromatic nitrogens is 4. The third kappa shape index (κ3) is 3.55. The summed E-state index contributed by atoms with van der Waals surface area (Å²) in [6, 6.07) is 15.5. The summed E-state index contributed by atoms with van der Waals surface area (Å²) in [5.74, 6) is -1.01. The van der Waals surface area contributed by atoms with E-state index in [1.807, 2.05) is 6.07 Å². The molecule has 0 aliphatic heterocycles. The van der Waals surface area contributed by atoms with Crippen molar-refractivity contribution in [1.82, 2.24) is 20.0 Å². The molecule has 0 saturated carbocycles. The van der Waals surface area contributed by atoms with E-state index in [0.717, 1.165) is 0 Å². The van der Waals surface area contributed by atoms with Crippen LogP contribution in [-0.2, 0) is 11.2 Å². The van der Waals surface area contributed by atoms with Crippen molar-refractivity contribution < 1.29 is 13.9 Å². The molecule has 10 heteroatoms. The number of nitrogens with zero attached hydrogens (tertiary/aromatic N) is 4. The lowest BCUT2D eigenvalue weighted by Crippen LogP contribution is -2.16. The van der Waals surface area contributed by atoms with Crippen LogP contribution in [0.5, 0.6) is 0 Å². The van der Waals surface area contributed by atoms with Gasteiger partial charge in [-0.2, -0.15) is 0 Å². The Labute approximate surface area is 162 Å². The summed E-state index contributed by atoms with van der Waals surface area (Å²) in [7, 11) is 0. The number of rotatable bonds is 5. The first-order valence-corrected chi connectivity index (χ1v) is 8.51. The van der Waals surface area contributed by atoms with Gasteiger partial charge in [-0.1, -0.05) is 46.2 Å². The summed E-state index contributed by atoms with van der Waals surface area (Å²) in [4.78, 5) is 24.5. The standard InChI is InChI=1S/C18H12ClN5O4/c19-11-5-4-8-13(9-11)24-17(23-27-18(24)26)16-14(21-28-22-16)10-15(25)20-12-6-2-1-3-7-12/h1-9H,10H2,(H,20,25). The third-order valence-corrected chi connectivity index (χ3v) is 4.06. The fourth-order valence-electron chi connectivity index (χ4n) is 2.61. The number of hydrogen-bond donors (Lipinski definition) is 1. The Morgan fingerprint density at radius 2 is 1.89 bits per heavy atom. The summed E-state index contributed by atoms with van der Waals surface area (Å²) in [5, 5.41) is 14.5. The fraction of sp³-hybridized carbons (Fsp3) is 0.0556. The van der Waals surface area contributed by atoms with Crippen LogP contribution in [0.3, 0.4) is 0 Å². The molecular formula is C18H12ClN5O4. The molecule has 4 rings (SSSR count). The van der Waals surface area contributed by atoms with E-state index in [2.05, 4.69) is 20.8 Å². The fourth-order valence-corrected chi connectivity index (χ4v) is 2.80. The number of nitrogens with one attached hydrogen (secondary N) is 1. The predicted molar refractivity (Wildman–Crippen MR) is 99.2 cm³/mol. The normalized spacial score (nSPS) is 10.8. The van der Waals surface area contributed by atoms with Gasteiger partial charge in [-0.3, -0.25) is 9.32 Å². The summed E-state index contributed by atoms with van der Waals surface area (Å²) in [5.41, 5.74) is 1.39. The Morgan fingerprint density at radius 3 is 2.68 bits per heavy atom. The summed E-state index contributed by atoms with van der Waals surface area (Å²) in [6.07, 6.45) is -0.135. The van der Waals surface area contributed by atoms with Crippen LogP contribution in [0.25, 0.3) is 17.2 Å². The second-order valence-corrected chi connectivity index (χ2v) is 6.17. The van der Waals surface area contributed by atoms with E-state index < -0.39 is 5.76 Å². The van der Waals surface area contributed by atoms with Crippen molar-refractivity contribution in [3.63, 3.8) is 0 Å². The van der Waals surface area contributed by atoms with Gasteiger partial charge in [-0.25, -0.2) is 14.0 Å². The Hall–Kier alpha value is -3.72. The first kappa shape index (κ1) is 17.7. The molecule has 0 bridgehead atoms. The van der Waals surface area contributed by atoms with Gasteiger partial charge in [-0.05, 0) is 35.5 Å². The van der Waals surface area contributed by atoms with Gasteiger partial charge in [0.1, 0.15) is 5.69 Å². The summed E-state index contributed by atoms with van der Waals surface area (Å²) >= 11 is 6.00. The quantitative estimate of drug-likeness (QED) is 0.550. The Bertz CT molecular complexity index is 1180. The largest absolute Gasteiger partial charge is 0.446 e. The van der Waals surface area contributed by atoms with Gasteiger partial charge < -0.3 is 5.32 Å². The van der Waals surface area contributed by atoms with Gasteiger partial charge in [0.2, 0.25) is 11.7 Å². The van der Waals surface area contributed by atoms with Crippen molar-refractivity contribution >= 4 is 23.2 Å². The zero-order valence-electron chi connectivity index (χ0n) is 14.2. The molecule has 9 nitrogen and oxygen atoms in total. The highest BCUT2D eigenvalue weighted by Gasteiger charge is 2.24. The molecule has 2 aromatic heterocycles. The van der Waals surface area contributed by atoms with Crippen LogP contribution in [0, 0.1) is 0 Å². The number of anilines is 1. The molecule has 0 aliphatic rings. The second-order valence-electron chi connectivity index (χ2n) is 5.74. The zero-order valence-corrected chi connectivity index (χ0v) is 15.0. The molecule has 0 unspecified atom stereocenters. The van der Waals surface area contributed by atoms with Crippen LogP contribution in [-0.4, -0.2) is 25.9 Å². The lowest BCUT2D eigenvalue weighted by molar-refractivity contribution is -0.115. The predicted octanol–water partition coefficient (Wildman–Crippen LogP) is 2.71. The van der Waals surface area contributed by atoms with Gasteiger partial charge >= 0.3 is 5.76 Å². The summed E-state index contributed by atoms with van der Waals surface area (Å²) < 4.78 is 10.7. The van der Waals surface area contributed by atoms with Crippen molar-refractivity contribution in [2.75, 3.05) is 5.32 Å². The molecule has 2 heterocycles. The second kappa shape index (κ2) is 7.49. The first-order chi connectivity index (χ1) is 13.6. The van der Waals surface area contributed by atoms with E-state index in [9.17, 15) is 9.59 Å². The van der Waals surface area contributed by atoms with Crippen molar-refractivity contribution in [1.29, 1.82) is 0 Å². The van der Waals surface area contributed by atoms with Crippen molar-refractivity contribution in [3.8, 4) is 17.2 Å². The van der Waals surface area contributed by atoms with Crippen molar-refractivity contribution in [2.24, 2.45) is 0 Å². The SMILES string of the molecule is O=C(Cc1nonc1-c1noc(=O)n1-c1cccc(Cl)c1)Nc1ccccc1. The molecule has 1 amide bonds. The molecule has 0 atom stereocenters. The molecule has 0 fully saturated rings. The third-order valence-electron chi connectivity index (χ3n) is 3.82. The first-order valence-electron chi connectivity index (χ1n) is 8.13. The molecule has 140 valence electrons. The highest BCUT2D eigenvalue weighted by atomic mass is 35.5. The van der Waals surface area contributed by atoms with Crippen LogP contribution in [0.2, 0.25) is 5.02 Å². The van der Waals surface area contributed by atoms with Gasteiger partial charge in [0.05, 0.1) is 12.1 Å². The van der Waals surface area contributed by atoms with Crippen molar-refractivity contribution in [2.45, 2.75) is 6.42 Å². The molecule has 4 aromatic rings. The molecular weight excluding hydrogens is 386 g/mol. The Morgan fingerprint density at radius 1 is 1.07 bits per heavy atom. The van der Waals surface area contributed by atoms with E-state index in [0.29, 0.717) is 16.4 Å². The number of hydrogen-bond acceptors (Lipinski definition) is 7. The number of halogens is 1. The Kier molecular flexibility index (Phi) is 4.73. The molecule has 28 heavy (non-hydrogen) atoms. The van der Waals surface area contributed by atoms with Gasteiger partial charge in [0.15, 0.2) is 5.69 Å². The highest BCUT2D eigenvalue weighted by Crippen LogP contribution is 2.22. The molecule has 0 aliphatic carbocycles. The maximum Gasteiger partial charge on any atom is 0.446 e. The molecule has 0 saturated heterocycles. The van der Waals surface area contributed by atoms with Gasteiger partial charge in [0.25, 0.3) is 0 Å². The lowest BCUT2D eigenvalue weighted by Gasteiger charge is -2.05. The molecule has 0 radical (unpaired) electrons.